The summed E-state index contributed by atoms with van der Waals surface area (Å²) < 4.78 is 37.9. The number of hydroxylamine groups is 1. The van der Waals surface area contributed by atoms with Gasteiger partial charge in [-0.2, -0.15) is 0 Å². The third-order valence-electron chi connectivity index (χ3n) is 2.62. The Bertz CT molecular complexity index is 620. The van der Waals surface area contributed by atoms with Crippen molar-refractivity contribution in [2.24, 2.45) is 0 Å². The van der Waals surface area contributed by atoms with Crippen LogP contribution in [0.1, 0.15) is 19.4 Å². The van der Waals surface area contributed by atoms with Gasteiger partial charge in [0.1, 0.15) is 11.4 Å². The van der Waals surface area contributed by atoms with Gasteiger partial charge in [0.25, 0.3) is 0 Å². The summed E-state index contributed by atoms with van der Waals surface area (Å²) in [7, 11) is -3.73. The van der Waals surface area contributed by atoms with E-state index in [0.29, 0.717) is 0 Å². The van der Waals surface area contributed by atoms with Crippen molar-refractivity contribution in [2.75, 3.05) is 0 Å². The molecule has 0 aromatic heterocycles. The highest BCUT2D eigenvalue weighted by Gasteiger charge is 2.32. The molecule has 0 aliphatic carbocycles. The maximum absolute atomic E-state index is 13.6. The summed E-state index contributed by atoms with van der Waals surface area (Å²) in [5.74, 6) is -1.16. The number of benzene rings is 1. The second-order valence-corrected chi connectivity index (χ2v) is 7.14. The van der Waals surface area contributed by atoms with Gasteiger partial charge in [0.15, 0.2) is 14.9 Å². The number of hydrogen-bond acceptors (Lipinski definition) is 4. The molecule has 1 aliphatic rings. The quantitative estimate of drug-likeness (QED) is 0.932. The van der Waals surface area contributed by atoms with Gasteiger partial charge in [-0.05, 0) is 32.1 Å². The number of sulfone groups is 1. The van der Waals surface area contributed by atoms with E-state index in [1.165, 1.54) is 24.3 Å². The Labute approximate surface area is 116 Å². The molecule has 1 aromatic carbocycles. The van der Waals surface area contributed by atoms with E-state index >= 15 is 0 Å². The van der Waals surface area contributed by atoms with Gasteiger partial charge in [-0.1, -0.05) is 17.7 Å². The summed E-state index contributed by atoms with van der Waals surface area (Å²) in [6, 6.07) is 4.05. The molecule has 0 bridgehead atoms. The van der Waals surface area contributed by atoms with Crippen LogP contribution in [0.5, 0.6) is 0 Å². The Hall–Kier alpha value is -1.11. The van der Waals surface area contributed by atoms with E-state index in [4.69, 9.17) is 16.4 Å². The zero-order chi connectivity index (χ0) is 14.3. The third kappa shape index (κ3) is 3.08. The van der Waals surface area contributed by atoms with Gasteiger partial charge in [-0.25, -0.2) is 12.8 Å². The van der Waals surface area contributed by atoms with Gasteiger partial charge in [0.05, 0.1) is 5.75 Å². The number of hydrogen-bond donors (Lipinski definition) is 1. The van der Waals surface area contributed by atoms with Crippen molar-refractivity contribution < 1.29 is 17.6 Å². The van der Waals surface area contributed by atoms with Crippen LogP contribution in [0.2, 0.25) is 5.02 Å². The van der Waals surface area contributed by atoms with Crippen LogP contribution in [-0.2, 0) is 20.4 Å². The van der Waals surface area contributed by atoms with E-state index in [2.05, 4.69) is 5.48 Å². The summed E-state index contributed by atoms with van der Waals surface area (Å²) in [6.07, 6.45) is 1.44. The summed E-state index contributed by atoms with van der Waals surface area (Å²) in [5, 5.41) is 0.0131. The molecule has 2 rings (SSSR count). The summed E-state index contributed by atoms with van der Waals surface area (Å²) in [5.41, 5.74) is 1.59. The van der Waals surface area contributed by atoms with Crippen LogP contribution >= 0.6 is 11.6 Å². The largest absolute Gasteiger partial charge is 0.265 e. The van der Waals surface area contributed by atoms with Crippen LogP contribution in [0.25, 0.3) is 0 Å². The predicted molar refractivity (Wildman–Crippen MR) is 70.4 cm³/mol. The predicted octanol–water partition coefficient (Wildman–Crippen LogP) is 2.55. The van der Waals surface area contributed by atoms with Gasteiger partial charge in [-0.15, -0.1) is 0 Å². The lowest BCUT2D eigenvalue weighted by molar-refractivity contribution is -0.0129. The second-order valence-electron chi connectivity index (χ2n) is 4.78. The molecule has 0 saturated carbocycles. The maximum atomic E-state index is 13.6. The fourth-order valence-corrected chi connectivity index (χ4v) is 3.42. The zero-order valence-electron chi connectivity index (χ0n) is 10.4. The van der Waals surface area contributed by atoms with Crippen molar-refractivity contribution in [1.82, 2.24) is 5.48 Å². The lowest BCUT2D eigenvalue weighted by Crippen LogP contribution is -2.22. The number of rotatable bonds is 3. The highest BCUT2D eigenvalue weighted by atomic mass is 35.5. The summed E-state index contributed by atoms with van der Waals surface area (Å²) in [6.45, 7) is 3.41. The van der Waals surface area contributed by atoms with Crippen molar-refractivity contribution in [2.45, 2.75) is 25.2 Å². The molecule has 7 heteroatoms. The zero-order valence-corrected chi connectivity index (χ0v) is 12.0. The molecule has 1 N–H and O–H groups in total. The molecule has 1 heterocycles. The first kappa shape index (κ1) is 14.3. The van der Waals surface area contributed by atoms with Crippen LogP contribution in [0.4, 0.5) is 4.39 Å². The summed E-state index contributed by atoms with van der Waals surface area (Å²) >= 11 is 5.82. The number of nitrogens with one attached hydrogen (secondary N) is 1. The molecule has 0 unspecified atom stereocenters. The van der Waals surface area contributed by atoms with Gasteiger partial charge in [0, 0.05) is 10.6 Å². The average molecular weight is 306 g/mol. The summed E-state index contributed by atoms with van der Waals surface area (Å²) in [4.78, 5) is 5.09. The molecule has 1 aromatic rings. The van der Waals surface area contributed by atoms with Crippen LogP contribution in [0.15, 0.2) is 29.3 Å². The third-order valence-corrected chi connectivity index (χ3v) is 4.52. The van der Waals surface area contributed by atoms with Crippen LogP contribution in [-0.4, -0.2) is 14.0 Å². The molecule has 0 radical (unpaired) electrons. The first-order chi connectivity index (χ1) is 8.71. The van der Waals surface area contributed by atoms with Crippen molar-refractivity contribution in [1.29, 1.82) is 0 Å². The second kappa shape index (κ2) is 4.77. The highest BCUT2D eigenvalue weighted by molar-refractivity contribution is 7.94. The Morgan fingerprint density at radius 1 is 1.42 bits per heavy atom. The van der Waals surface area contributed by atoms with Gasteiger partial charge < -0.3 is 0 Å². The molecule has 0 spiro atoms. The van der Waals surface area contributed by atoms with Crippen molar-refractivity contribution in [3.63, 3.8) is 0 Å². The van der Waals surface area contributed by atoms with Crippen molar-refractivity contribution in [3.8, 4) is 0 Å². The minimum Gasteiger partial charge on any atom is -0.265 e. The minimum atomic E-state index is -3.73. The molecular weight excluding hydrogens is 293 g/mol. The lowest BCUT2D eigenvalue weighted by atomic mass is 10.1. The van der Waals surface area contributed by atoms with Crippen LogP contribution < -0.4 is 5.48 Å². The molecule has 0 saturated heterocycles. The molecular formula is C12H13ClFNO3S. The normalized spacial score (nSPS) is 18.0. The smallest absolute Gasteiger partial charge is 0.199 e. The molecule has 19 heavy (non-hydrogen) atoms. The number of halogens is 2. The minimum absolute atomic E-state index is 0.0448. The van der Waals surface area contributed by atoms with E-state index in [1.807, 2.05) is 0 Å². The fourth-order valence-electron chi connectivity index (χ4n) is 1.65. The molecule has 4 nitrogen and oxygen atoms in total. The van der Waals surface area contributed by atoms with Crippen molar-refractivity contribution >= 4 is 21.4 Å². The fraction of sp³-hybridized carbons (Fsp3) is 0.333. The molecule has 104 valence electrons. The van der Waals surface area contributed by atoms with Crippen LogP contribution in [0, 0.1) is 5.82 Å². The topological polar surface area (TPSA) is 55.4 Å². The maximum Gasteiger partial charge on any atom is 0.199 e. The van der Waals surface area contributed by atoms with Crippen molar-refractivity contribution in [3.05, 3.63) is 45.7 Å². The monoisotopic (exact) mass is 305 g/mol. The molecule has 1 aliphatic heterocycles. The molecule has 0 fully saturated rings. The van der Waals surface area contributed by atoms with Gasteiger partial charge in [-0.3, -0.25) is 10.3 Å². The molecule has 0 amide bonds. The average Bonchev–Trinajstić information content (AvgIpc) is 2.65. The SMILES string of the molecule is CC1(C)C=C(S(=O)(=O)Cc2c(F)cccc2Cl)NO1. The van der Waals surface area contributed by atoms with E-state index < -0.39 is 27.0 Å². The van der Waals surface area contributed by atoms with E-state index in [1.54, 1.807) is 13.8 Å². The Balaban J connectivity index is 2.33. The Morgan fingerprint density at radius 3 is 2.63 bits per heavy atom. The standard InChI is InChI=1S/C12H13ClFNO3S/c1-12(2)6-11(15-18-12)19(16,17)7-8-9(13)4-3-5-10(8)14/h3-6,15H,7H2,1-2H3. The van der Waals surface area contributed by atoms with E-state index in [-0.39, 0.29) is 15.6 Å². The Morgan fingerprint density at radius 2 is 2.11 bits per heavy atom. The Kier molecular flexibility index (Phi) is 3.59. The first-order valence-corrected chi connectivity index (χ1v) is 7.57. The lowest BCUT2D eigenvalue weighted by Gasteiger charge is -2.11. The van der Waals surface area contributed by atoms with Gasteiger partial charge >= 0.3 is 0 Å². The highest BCUT2D eigenvalue weighted by Crippen LogP contribution is 2.27. The van der Waals surface area contributed by atoms with Crippen LogP contribution in [0.3, 0.4) is 0 Å². The first-order valence-electron chi connectivity index (χ1n) is 5.54. The molecule has 0 atom stereocenters. The van der Waals surface area contributed by atoms with E-state index in [0.717, 1.165) is 0 Å². The van der Waals surface area contributed by atoms with E-state index in [9.17, 15) is 12.8 Å². The van der Waals surface area contributed by atoms with Gasteiger partial charge in [0.2, 0.25) is 0 Å².